The van der Waals surface area contributed by atoms with Crippen molar-refractivity contribution in [3.63, 3.8) is 0 Å². The number of nitrogens with zero attached hydrogens (tertiary/aromatic N) is 2. The van der Waals surface area contributed by atoms with Gasteiger partial charge in [-0.3, -0.25) is 0 Å². The monoisotopic (exact) mass is 839 g/mol. The molecule has 2 aromatic rings. The number of hydrogen-bond acceptors (Lipinski definition) is 0. The summed E-state index contributed by atoms with van der Waals surface area (Å²) in [5, 5.41) is 0. The Morgan fingerprint density at radius 3 is 1.07 bits per heavy atom. The number of hydrogen-bond donors (Lipinski definition) is 0. The summed E-state index contributed by atoms with van der Waals surface area (Å²) < 4.78 is 1.55. The van der Waals surface area contributed by atoms with Crippen molar-refractivity contribution in [3.8, 4) is 0 Å². The molecule has 0 N–H and O–H groups in total. The summed E-state index contributed by atoms with van der Waals surface area (Å²) in [6.45, 7) is 21.2. The number of rotatable bonds is 31. The molecule has 0 aromatic heterocycles. The zero-order valence-corrected chi connectivity index (χ0v) is 40.2. The minimum absolute atomic E-state index is 0. The van der Waals surface area contributed by atoms with Gasteiger partial charge in [-0.2, -0.15) is 12.8 Å². The van der Waals surface area contributed by atoms with Gasteiger partial charge in [0.1, 0.15) is 0 Å². The van der Waals surface area contributed by atoms with Crippen molar-refractivity contribution in [3.05, 3.63) is 101 Å². The first-order valence-electron chi connectivity index (χ1n) is 24.7. The molecule has 0 spiro atoms. The quantitative estimate of drug-likeness (QED) is 0.0313. The van der Waals surface area contributed by atoms with Gasteiger partial charge in [-0.1, -0.05) is 201 Å². The molecule has 3 rings (SSSR count). The minimum Gasteiger partial charge on any atom is -0.493 e. The van der Waals surface area contributed by atoms with Gasteiger partial charge >= 0.3 is 16.5 Å². The molecule has 1 aliphatic heterocycles. The molecule has 2 aromatic carbocycles. The second-order valence-corrected chi connectivity index (χ2v) is 16.8. The molecule has 1 aliphatic rings. The van der Waals surface area contributed by atoms with Crippen molar-refractivity contribution in [2.45, 2.75) is 241 Å². The Bertz CT molecular complexity index is 1300. The van der Waals surface area contributed by atoms with Crippen LogP contribution in [0.2, 0.25) is 0 Å². The molecule has 0 fully saturated rings. The van der Waals surface area contributed by atoms with Gasteiger partial charge < -0.3 is 19.4 Å². The molecule has 58 heavy (non-hydrogen) atoms. The van der Waals surface area contributed by atoms with Crippen molar-refractivity contribution in [1.82, 2.24) is 0 Å². The van der Waals surface area contributed by atoms with Crippen LogP contribution >= 0.6 is 0 Å². The van der Waals surface area contributed by atoms with E-state index in [1.54, 1.807) is 4.70 Å². The van der Waals surface area contributed by atoms with Gasteiger partial charge in [0.25, 0.3) is 0 Å². The molecular formula is C55H92N2Ni. The maximum Gasteiger partial charge on any atom is 2.00 e. The Morgan fingerprint density at radius 2 is 0.707 bits per heavy atom. The van der Waals surface area contributed by atoms with Crippen LogP contribution in [0.3, 0.4) is 0 Å². The van der Waals surface area contributed by atoms with Crippen molar-refractivity contribution in [2.75, 3.05) is 0 Å². The van der Waals surface area contributed by atoms with E-state index in [9.17, 15) is 5.53 Å². The summed E-state index contributed by atoms with van der Waals surface area (Å²) in [6, 6.07) is 17.8. The van der Waals surface area contributed by atoms with Crippen LogP contribution in [0.1, 0.15) is 250 Å². The van der Waals surface area contributed by atoms with E-state index < -0.39 is 0 Å². The molecule has 1 heterocycles. The zero-order valence-electron chi connectivity index (χ0n) is 39.2. The van der Waals surface area contributed by atoms with Crippen LogP contribution < -0.4 is 0 Å². The van der Waals surface area contributed by atoms with Crippen molar-refractivity contribution < 1.29 is 21.2 Å². The van der Waals surface area contributed by atoms with Crippen LogP contribution in [0, 0.1) is 13.8 Å². The van der Waals surface area contributed by atoms with E-state index in [-0.39, 0.29) is 16.5 Å². The molecule has 0 aliphatic carbocycles. The van der Waals surface area contributed by atoms with E-state index in [0.717, 1.165) is 80.3 Å². The fourth-order valence-corrected chi connectivity index (χ4v) is 7.82. The Morgan fingerprint density at radius 1 is 0.397 bits per heavy atom. The molecule has 0 saturated heterocycles. The van der Waals surface area contributed by atoms with Crippen LogP contribution in [0.5, 0.6) is 0 Å². The fourth-order valence-electron chi connectivity index (χ4n) is 7.82. The summed E-state index contributed by atoms with van der Waals surface area (Å²) in [5.74, 6) is 0. The first-order chi connectivity index (χ1) is 28.0. The van der Waals surface area contributed by atoms with Gasteiger partial charge in [0.05, 0.1) is 0 Å². The van der Waals surface area contributed by atoms with Gasteiger partial charge in [0.15, 0.2) is 0 Å². The van der Waals surface area contributed by atoms with E-state index in [0.29, 0.717) is 0 Å². The predicted molar refractivity (Wildman–Crippen MR) is 256 cm³/mol. The average molecular weight is 840 g/mol. The largest absolute Gasteiger partial charge is 2.00 e. The predicted octanol–water partition coefficient (Wildman–Crippen LogP) is 19.0. The van der Waals surface area contributed by atoms with Crippen LogP contribution in [0.4, 0.5) is 0 Å². The summed E-state index contributed by atoms with van der Waals surface area (Å²) in [4.78, 5) is 0. The first kappa shape index (κ1) is 56.0. The van der Waals surface area contributed by atoms with Gasteiger partial charge in [-0.15, -0.1) is 0 Å². The maximum atomic E-state index is 11.8. The maximum absolute atomic E-state index is 11.8. The van der Waals surface area contributed by atoms with Gasteiger partial charge in [0.2, 0.25) is 11.4 Å². The topological polar surface area (TPSA) is 25.3 Å². The zero-order chi connectivity index (χ0) is 41.8. The Labute approximate surface area is 372 Å². The molecule has 0 saturated carbocycles. The van der Waals surface area contributed by atoms with Crippen molar-refractivity contribution in [2.24, 2.45) is 0 Å². The summed E-state index contributed by atoms with van der Waals surface area (Å²) in [7, 11) is 0. The van der Waals surface area contributed by atoms with Gasteiger partial charge in [-0.25, -0.2) is 4.70 Å². The third-order valence-electron chi connectivity index (χ3n) is 11.4. The second kappa shape index (κ2) is 39.2. The number of unbranched alkanes of at least 4 members (excludes halogenated alkanes) is 21. The van der Waals surface area contributed by atoms with Crippen LogP contribution in [-0.4, -0.2) is 4.70 Å². The SMILES string of the molecule is CCCCCC1=C(c2cccc(CCCC)c2)[N+](=[N-])C(c2cccc(CCCC)c2)=C1CCCC.[CH2-]CCCCCCCCCC.[CH2-]CCCCCCCCCC.[Ni+2]. The van der Waals surface area contributed by atoms with Crippen LogP contribution in [0.15, 0.2) is 59.7 Å². The van der Waals surface area contributed by atoms with E-state index in [2.05, 4.69) is 104 Å². The van der Waals surface area contributed by atoms with Gasteiger partial charge in [-0.05, 0) is 86.8 Å². The Kier molecular flexibility index (Phi) is 37.8. The molecule has 0 radical (unpaired) electrons. The van der Waals surface area contributed by atoms with E-state index >= 15 is 0 Å². The molecule has 0 bridgehead atoms. The molecule has 0 amide bonds. The van der Waals surface area contributed by atoms with E-state index in [4.69, 9.17) is 0 Å². The molecule has 0 unspecified atom stereocenters. The molecular weight excluding hydrogens is 747 g/mol. The standard InChI is InChI=1S/C33H46N2.2C11H23.Ni/c1-5-9-13-23-31-30(22-12-8-4)32(28-20-14-18-26(24-28)16-10-6-2)35(34)33(31)29-21-15-19-27(25-29)17-11-7-3;2*1-3-5-7-9-11-10-8-6-4-2;/h14-15,18-21,24-25H,5-13,16-17,22-23H2,1-4H3;2*1,3-11H2,2H3;/q;2*-1;+2. The smallest absolute Gasteiger partial charge is 0.493 e. The third kappa shape index (κ3) is 24.3. The summed E-state index contributed by atoms with van der Waals surface area (Å²) in [5.41, 5.74) is 21.6. The summed E-state index contributed by atoms with van der Waals surface area (Å²) in [6.07, 6.45) is 39.7. The number of aryl methyl sites for hydroxylation is 2. The van der Waals surface area contributed by atoms with E-state index in [1.165, 1.54) is 164 Å². The molecule has 0 atom stereocenters. The second-order valence-electron chi connectivity index (χ2n) is 16.8. The number of allylic oxidation sites excluding steroid dienone is 2. The fraction of sp³-hybridized carbons (Fsp3) is 0.673. The van der Waals surface area contributed by atoms with Crippen molar-refractivity contribution >= 4 is 11.4 Å². The molecule has 332 valence electrons. The first-order valence-corrected chi connectivity index (χ1v) is 24.7. The minimum atomic E-state index is 0. The van der Waals surface area contributed by atoms with Crippen LogP contribution in [0.25, 0.3) is 16.9 Å². The Hall–Kier alpha value is -1.99. The normalized spacial score (nSPS) is 12.3. The third-order valence-corrected chi connectivity index (χ3v) is 11.4. The molecule has 3 heteroatoms. The van der Waals surface area contributed by atoms with E-state index in [1.807, 2.05) is 0 Å². The molecule has 2 nitrogen and oxygen atoms in total. The number of benzene rings is 2. The average Bonchev–Trinajstić information content (AvgIpc) is 3.51. The summed E-state index contributed by atoms with van der Waals surface area (Å²) >= 11 is 0. The Balaban J connectivity index is 0.00000116. The van der Waals surface area contributed by atoms with Crippen LogP contribution in [-0.2, 0) is 29.3 Å². The van der Waals surface area contributed by atoms with Crippen molar-refractivity contribution in [1.29, 1.82) is 0 Å². The van der Waals surface area contributed by atoms with Gasteiger partial charge in [0, 0.05) is 22.3 Å².